The molecular weight excluding hydrogens is 347 g/mol. The Bertz CT molecular complexity index is 686. The van der Waals surface area contributed by atoms with Crippen LogP contribution in [0.1, 0.15) is 24.8 Å². The Labute approximate surface area is 138 Å². The first-order chi connectivity index (χ1) is 11.3. The monoisotopic (exact) mass is 365 g/mol. The van der Waals surface area contributed by atoms with Crippen LogP contribution in [0.3, 0.4) is 0 Å². The molecule has 5 nitrogen and oxygen atoms in total. The van der Waals surface area contributed by atoms with Crippen molar-refractivity contribution in [3.63, 3.8) is 0 Å². The van der Waals surface area contributed by atoms with Crippen molar-refractivity contribution in [2.24, 2.45) is 0 Å². The Morgan fingerprint density at radius 1 is 1.12 bits per heavy atom. The molecule has 0 radical (unpaired) electrons. The molecule has 2 saturated heterocycles. The van der Waals surface area contributed by atoms with Gasteiger partial charge in [0.25, 0.3) is 0 Å². The van der Waals surface area contributed by atoms with Crippen LogP contribution in [0.15, 0.2) is 29.2 Å². The number of hydrogen-bond acceptors (Lipinski definition) is 4. The molecule has 2 aliphatic heterocycles. The summed E-state index contributed by atoms with van der Waals surface area (Å²) in [5.74, 6) is 0. The summed E-state index contributed by atoms with van der Waals surface area (Å²) in [6.45, 7) is 1.02. The lowest BCUT2D eigenvalue weighted by Gasteiger charge is -2.36. The van der Waals surface area contributed by atoms with E-state index in [0.717, 1.165) is 18.6 Å². The minimum absolute atomic E-state index is 0.243. The lowest BCUT2D eigenvalue weighted by molar-refractivity contribution is -0.137. The van der Waals surface area contributed by atoms with E-state index in [9.17, 15) is 21.6 Å². The normalized spacial score (nSPS) is 24.4. The number of ether oxygens (including phenoxy) is 2. The summed E-state index contributed by atoms with van der Waals surface area (Å²) < 4.78 is 76.4. The molecule has 24 heavy (non-hydrogen) atoms. The highest BCUT2D eigenvalue weighted by molar-refractivity contribution is 7.89. The molecule has 0 amide bonds. The van der Waals surface area contributed by atoms with Gasteiger partial charge in [0, 0.05) is 6.54 Å². The van der Waals surface area contributed by atoms with Crippen molar-refractivity contribution in [1.82, 2.24) is 4.31 Å². The molecule has 9 heteroatoms. The summed E-state index contributed by atoms with van der Waals surface area (Å²) in [5, 5.41) is 0. The Morgan fingerprint density at radius 3 is 2.50 bits per heavy atom. The van der Waals surface area contributed by atoms with Gasteiger partial charge in [0.15, 0.2) is 6.29 Å². The second-order valence-corrected chi connectivity index (χ2v) is 7.71. The standard InChI is InChI=1S/C15H18F3NO4S/c16-15(17,18)11-4-3-5-12(10-11)24(20,21)19-7-2-1-6-13(19)14-22-8-9-23-14/h3-5,10,13-14H,1-2,6-9H2. The third-order valence-corrected chi connectivity index (χ3v) is 6.15. The minimum Gasteiger partial charge on any atom is -0.349 e. The molecule has 3 rings (SSSR count). The maximum Gasteiger partial charge on any atom is 0.416 e. The van der Waals surface area contributed by atoms with Crippen LogP contribution in [0.2, 0.25) is 0 Å². The first kappa shape index (κ1) is 17.7. The summed E-state index contributed by atoms with van der Waals surface area (Å²) in [6, 6.07) is 3.32. The highest BCUT2D eigenvalue weighted by Gasteiger charge is 2.41. The fourth-order valence-electron chi connectivity index (χ4n) is 3.07. The van der Waals surface area contributed by atoms with Gasteiger partial charge in [0.1, 0.15) is 0 Å². The van der Waals surface area contributed by atoms with E-state index in [4.69, 9.17) is 9.47 Å². The molecule has 2 aliphatic rings. The molecule has 1 aromatic rings. The Balaban J connectivity index is 1.93. The van der Waals surface area contributed by atoms with E-state index in [-0.39, 0.29) is 11.4 Å². The van der Waals surface area contributed by atoms with Crippen molar-refractivity contribution in [3.8, 4) is 0 Å². The maximum absolute atomic E-state index is 12.9. The Hall–Kier alpha value is -1.16. The summed E-state index contributed by atoms with van der Waals surface area (Å²) >= 11 is 0. The van der Waals surface area contributed by atoms with Crippen molar-refractivity contribution in [1.29, 1.82) is 0 Å². The number of rotatable bonds is 3. The van der Waals surface area contributed by atoms with Crippen molar-refractivity contribution in [3.05, 3.63) is 29.8 Å². The average Bonchev–Trinajstić information content (AvgIpc) is 3.08. The van der Waals surface area contributed by atoms with Crippen LogP contribution < -0.4 is 0 Å². The van der Waals surface area contributed by atoms with Crippen molar-refractivity contribution in [2.75, 3.05) is 19.8 Å². The summed E-state index contributed by atoms with van der Waals surface area (Å²) in [4.78, 5) is -0.359. The van der Waals surface area contributed by atoms with Crippen molar-refractivity contribution >= 4 is 10.0 Å². The third-order valence-electron chi connectivity index (χ3n) is 4.23. The average molecular weight is 365 g/mol. The first-order valence-electron chi connectivity index (χ1n) is 7.72. The summed E-state index contributed by atoms with van der Waals surface area (Å²) in [7, 11) is -4.06. The second kappa shape index (κ2) is 6.62. The fourth-order valence-corrected chi connectivity index (χ4v) is 4.80. The lowest BCUT2D eigenvalue weighted by atomic mass is 10.0. The van der Waals surface area contributed by atoms with Gasteiger partial charge in [-0.15, -0.1) is 0 Å². The van der Waals surface area contributed by atoms with Gasteiger partial charge in [-0.25, -0.2) is 8.42 Å². The van der Waals surface area contributed by atoms with Gasteiger partial charge in [-0.1, -0.05) is 12.5 Å². The summed E-state index contributed by atoms with van der Waals surface area (Å²) in [5.41, 5.74) is -0.981. The van der Waals surface area contributed by atoms with Crippen LogP contribution in [0.25, 0.3) is 0 Å². The van der Waals surface area contributed by atoms with Gasteiger partial charge < -0.3 is 9.47 Å². The smallest absolute Gasteiger partial charge is 0.349 e. The van der Waals surface area contributed by atoms with E-state index in [1.165, 1.54) is 10.4 Å². The van der Waals surface area contributed by atoms with Crippen LogP contribution in [-0.4, -0.2) is 44.8 Å². The first-order valence-corrected chi connectivity index (χ1v) is 9.16. The predicted molar refractivity (Wildman–Crippen MR) is 78.7 cm³/mol. The summed E-state index contributed by atoms with van der Waals surface area (Å²) in [6.07, 6.45) is -3.22. The molecule has 2 fully saturated rings. The van der Waals surface area contributed by atoms with Gasteiger partial charge in [-0.05, 0) is 31.0 Å². The zero-order chi connectivity index (χ0) is 17.4. The molecule has 0 spiro atoms. The maximum atomic E-state index is 12.9. The predicted octanol–water partition coefficient (Wildman–Crippen LogP) is 2.62. The Kier molecular flexibility index (Phi) is 4.87. The van der Waals surface area contributed by atoms with Gasteiger partial charge in [-0.2, -0.15) is 17.5 Å². The van der Waals surface area contributed by atoms with Crippen LogP contribution in [0.5, 0.6) is 0 Å². The fraction of sp³-hybridized carbons (Fsp3) is 0.600. The number of halogens is 3. The van der Waals surface area contributed by atoms with Crippen LogP contribution in [-0.2, 0) is 25.7 Å². The van der Waals surface area contributed by atoms with E-state index in [1.807, 2.05) is 0 Å². The minimum atomic E-state index is -4.59. The number of alkyl halides is 3. The molecule has 134 valence electrons. The highest BCUT2D eigenvalue weighted by Crippen LogP contribution is 2.33. The van der Waals surface area contributed by atoms with E-state index in [2.05, 4.69) is 0 Å². The van der Waals surface area contributed by atoms with E-state index >= 15 is 0 Å². The van der Waals surface area contributed by atoms with E-state index in [1.54, 1.807) is 0 Å². The quantitative estimate of drug-likeness (QED) is 0.826. The SMILES string of the molecule is O=S(=O)(c1cccc(C(F)(F)F)c1)N1CCCCC1C1OCCO1. The second-order valence-electron chi connectivity index (χ2n) is 5.81. The van der Waals surface area contributed by atoms with Crippen LogP contribution in [0, 0.1) is 0 Å². The Morgan fingerprint density at radius 2 is 1.83 bits per heavy atom. The zero-order valence-corrected chi connectivity index (χ0v) is 13.6. The molecule has 2 heterocycles. The molecule has 1 unspecified atom stereocenters. The highest BCUT2D eigenvalue weighted by atomic mass is 32.2. The number of nitrogens with zero attached hydrogens (tertiary/aromatic N) is 1. The zero-order valence-electron chi connectivity index (χ0n) is 12.8. The molecule has 0 N–H and O–H groups in total. The molecule has 1 atom stereocenters. The van der Waals surface area contributed by atoms with Crippen molar-refractivity contribution in [2.45, 2.75) is 42.7 Å². The van der Waals surface area contributed by atoms with Crippen molar-refractivity contribution < 1.29 is 31.1 Å². The molecular formula is C15H18F3NO4S. The van der Waals surface area contributed by atoms with Gasteiger partial charge in [-0.3, -0.25) is 0 Å². The number of sulfonamides is 1. The molecule has 0 aromatic heterocycles. The van der Waals surface area contributed by atoms with Gasteiger partial charge in [0.05, 0.1) is 29.7 Å². The lowest BCUT2D eigenvalue weighted by Crippen LogP contribution is -2.50. The molecule has 0 bridgehead atoms. The van der Waals surface area contributed by atoms with E-state index in [0.29, 0.717) is 32.1 Å². The number of hydrogen-bond donors (Lipinski definition) is 0. The number of benzene rings is 1. The molecule has 0 aliphatic carbocycles. The topological polar surface area (TPSA) is 55.8 Å². The van der Waals surface area contributed by atoms with Gasteiger partial charge in [0.2, 0.25) is 10.0 Å². The van der Waals surface area contributed by atoms with Crippen LogP contribution in [0.4, 0.5) is 13.2 Å². The number of piperidine rings is 1. The molecule has 1 aromatic carbocycles. The van der Waals surface area contributed by atoms with Gasteiger partial charge >= 0.3 is 6.18 Å². The third kappa shape index (κ3) is 3.44. The molecule has 0 saturated carbocycles. The van der Waals surface area contributed by atoms with Crippen LogP contribution >= 0.6 is 0 Å². The largest absolute Gasteiger partial charge is 0.416 e. The van der Waals surface area contributed by atoms with E-state index < -0.39 is 34.1 Å².